The van der Waals surface area contributed by atoms with Gasteiger partial charge in [-0.05, 0) is 91.6 Å². The highest BCUT2D eigenvalue weighted by molar-refractivity contribution is 6.11. The summed E-state index contributed by atoms with van der Waals surface area (Å²) >= 11 is 0. The van der Waals surface area contributed by atoms with Gasteiger partial charge in [-0.3, -0.25) is 0 Å². The van der Waals surface area contributed by atoms with Crippen LogP contribution in [0.3, 0.4) is 0 Å². The van der Waals surface area contributed by atoms with Crippen molar-refractivity contribution in [3.8, 4) is 22.3 Å². The molecule has 2 heterocycles. The number of aromatic nitrogens is 1. The maximum absolute atomic E-state index is 8.18. The Morgan fingerprint density at radius 3 is 2.30 bits per heavy atom. The predicted octanol–water partition coefficient (Wildman–Crippen LogP) is 7.86. The molecule has 148 valence electrons. The summed E-state index contributed by atoms with van der Waals surface area (Å²) in [7, 11) is 0. The summed E-state index contributed by atoms with van der Waals surface area (Å²) in [5, 5.41) is 1.15. The highest BCUT2D eigenvalue weighted by atomic mass is 16.3. The molecular formula is C28H25NO. The van der Waals surface area contributed by atoms with Crippen molar-refractivity contribution >= 4 is 22.1 Å². The van der Waals surface area contributed by atoms with E-state index >= 15 is 0 Å². The normalized spacial score (nSPS) is 15.3. The molecular weight excluding hydrogens is 366 g/mol. The molecule has 3 aromatic carbocycles. The van der Waals surface area contributed by atoms with Crippen LogP contribution in [0.1, 0.15) is 36.2 Å². The number of furan rings is 1. The third kappa shape index (κ3) is 2.83. The first-order chi connectivity index (χ1) is 16.9. The van der Waals surface area contributed by atoms with E-state index in [1.165, 1.54) is 0 Å². The first kappa shape index (κ1) is 13.0. The Morgan fingerprint density at radius 2 is 1.53 bits per heavy atom. The van der Waals surface area contributed by atoms with Gasteiger partial charge < -0.3 is 4.42 Å². The predicted molar refractivity (Wildman–Crippen MR) is 126 cm³/mol. The molecule has 0 bridgehead atoms. The van der Waals surface area contributed by atoms with Crippen molar-refractivity contribution in [1.29, 1.82) is 0 Å². The van der Waals surface area contributed by atoms with E-state index in [1.807, 2.05) is 69.3 Å². The van der Waals surface area contributed by atoms with E-state index < -0.39 is 13.7 Å². The molecule has 0 aliphatic rings. The number of rotatable bonds is 2. The average molecular weight is 398 g/mol. The van der Waals surface area contributed by atoms with Crippen molar-refractivity contribution in [2.24, 2.45) is 0 Å². The molecule has 0 saturated carbocycles. The lowest BCUT2D eigenvalue weighted by Gasteiger charge is -2.16. The molecule has 0 fully saturated rings. The van der Waals surface area contributed by atoms with Crippen LogP contribution < -0.4 is 0 Å². The number of hydrogen-bond donors (Lipinski definition) is 0. The zero-order valence-electron chi connectivity index (χ0n) is 23.1. The third-order valence-electron chi connectivity index (χ3n) is 5.66. The van der Waals surface area contributed by atoms with Gasteiger partial charge in [-0.1, -0.05) is 42.5 Å². The van der Waals surface area contributed by atoms with Crippen molar-refractivity contribution in [3.63, 3.8) is 0 Å². The van der Waals surface area contributed by atoms with Crippen LogP contribution in [-0.2, 0) is 0 Å². The van der Waals surface area contributed by atoms with Crippen LogP contribution in [0.5, 0.6) is 0 Å². The van der Waals surface area contributed by atoms with E-state index in [9.17, 15) is 0 Å². The van der Waals surface area contributed by atoms with Gasteiger partial charge in [0.25, 0.3) is 0 Å². The largest absolute Gasteiger partial charge is 0.437 e. The SMILES string of the molecule is [2H]C([2H])([2H])c1cc(C)c(-c2c(C)cc(C([2H])([2H])[2H])c3c2oc2nc(C)ccc23)cc1-c1ccccc1. The summed E-state index contributed by atoms with van der Waals surface area (Å²) in [5.74, 6) is 0. The van der Waals surface area contributed by atoms with Crippen molar-refractivity contribution in [2.75, 3.05) is 0 Å². The van der Waals surface area contributed by atoms with Gasteiger partial charge in [0.05, 0.1) is 0 Å². The highest BCUT2D eigenvalue weighted by Gasteiger charge is 2.20. The average Bonchev–Trinajstić information content (AvgIpc) is 3.16. The van der Waals surface area contributed by atoms with Gasteiger partial charge in [0.15, 0.2) is 0 Å². The minimum Gasteiger partial charge on any atom is -0.437 e. The minimum absolute atomic E-state index is 0.211. The maximum Gasteiger partial charge on any atom is 0.227 e. The molecule has 30 heavy (non-hydrogen) atoms. The summed E-state index contributed by atoms with van der Waals surface area (Å²) in [4.78, 5) is 4.51. The Balaban J connectivity index is 1.92. The number of nitrogens with zero attached hydrogens (tertiary/aromatic N) is 1. The molecule has 0 radical (unpaired) electrons. The van der Waals surface area contributed by atoms with E-state index in [-0.39, 0.29) is 11.1 Å². The third-order valence-corrected chi connectivity index (χ3v) is 5.66. The molecule has 2 nitrogen and oxygen atoms in total. The standard InChI is InChI=1S/C28H25NO/c1-16-13-17(2)24(15-23(16)21-9-7-6-8-10-21)26-19(4)14-18(3)25-22-12-11-20(5)29-28(22)30-27(25)26/h6-15H,1-5H3/i1D3,3D3. The Kier molecular flexibility index (Phi) is 2.97. The van der Waals surface area contributed by atoms with Gasteiger partial charge >= 0.3 is 0 Å². The van der Waals surface area contributed by atoms with Crippen molar-refractivity contribution in [3.05, 3.63) is 88.6 Å². The summed E-state index contributed by atoms with van der Waals surface area (Å²) < 4.78 is 55.2. The van der Waals surface area contributed by atoms with Crippen LogP contribution >= 0.6 is 0 Å². The number of aryl methyl sites for hydroxylation is 5. The molecule has 0 aliphatic heterocycles. The summed E-state index contributed by atoms with van der Waals surface area (Å²) in [6, 6.07) is 18.4. The van der Waals surface area contributed by atoms with Gasteiger partial charge in [-0.25, -0.2) is 4.98 Å². The lowest BCUT2D eigenvalue weighted by molar-refractivity contribution is 0.653. The van der Waals surface area contributed by atoms with Crippen LogP contribution in [-0.4, -0.2) is 4.98 Å². The fraction of sp³-hybridized carbons (Fsp3) is 0.179. The molecule has 5 rings (SSSR count). The van der Waals surface area contributed by atoms with Crippen molar-refractivity contribution in [2.45, 2.75) is 34.5 Å². The molecule has 2 heteroatoms. The van der Waals surface area contributed by atoms with Crippen molar-refractivity contribution in [1.82, 2.24) is 4.98 Å². The first-order valence-electron chi connectivity index (χ1n) is 12.9. The van der Waals surface area contributed by atoms with Gasteiger partial charge in [-0.2, -0.15) is 0 Å². The maximum atomic E-state index is 8.18. The van der Waals surface area contributed by atoms with Crippen LogP contribution in [0, 0.1) is 34.5 Å². The number of fused-ring (bicyclic) bond motifs is 3. The second-order valence-corrected chi connectivity index (χ2v) is 7.81. The lowest BCUT2D eigenvalue weighted by Crippen LogP contribution is -1.93. The Bertz CT molecular complexity index is 1630. The fourth-order valence-electron chi connectivity index (χ4n) is 4.22. The Morgan fingerprint density at radius 1 is 0.767 bits per heavy atom. The summed E-state index contributed by atoms with van der Waals surface area (Å²) in [5.41, 5.74) is 6.48. The van der Waals surface area contributed by atoms with E-state index in [0.29, 0.717) is 27.6 Å². The zero-order valence-corrected chi connectivity index (χ0v) is 17.1. The molecule has 5 aromatic rings. The highest BCUT2D eigenvalue weighted by Crippen LogP contribution is 2.42. The quantitative estimate of drug-likeness (QED) is 0.303. The number of pyridine rings is 1. The van der Waals surface area contributed by atoms with Gasteiger partial charge in [0, 0.05) is 30.3 Å². The molecule has 0 spiro atoms. The lowest BCUT2D eigenvalue weighted by atomic mass is 9.88. The van der Waals surface area contributed by atoms with E-state index in [1.54, 1.807) is 12.1 Å². The minimum atomic E-state index is -2.35. The summed E-state index contributed by atoms with van der Waals surface area (Å²) in [6.07, 6.45) is 0. The van der Waals surface area contributed by atoms with E-state index in [0.717, 1.165) is 33.5 Å². The first-order valence-corrected chi connectivity index (χ1v) is 9.91. The molecule has 0 atom stereocenters. The zero-order chi connectivity index (χ0) is 26.0. The molecule has 0 aliphatic carbocycles. The van der Waals surface area contributed by atoms with E-state index in [4.69, 9.17) is 12.6 Å². The van der Waals surface area contributed by atoms with Crippen LogP contribution in [0.2, 0.25) is 0 Å². The smallest absolute Gasteiger partial charge is 0.227 e. The molecule has 0 N–H and O–H groups in total. The second-order valence-electron chi connectivity index (χ2n) is 7.81. The number of hydrogen-bond acceptors (Lipinski definition) is 2. The van der Waals surface area contributed by atoms with Crippen LogP contribution in [0.15, 0.2) is 65.1 Å². The number of benzene rings is 3. The fourth-order valence-corrected chi connectivity index (χ4v) is 4.22. The van der Waals surface area contributed by atoms with Gasteiger partial charge in [-0.15, -0.1) is 0 Å². The Labute approximate surface area is 185 Å². The topological polar surface area (TPSA) is 26.0 Å². The van der Waals surface area contributed by atoms with Crippen LogP contribution in [0.4, 0.5) is 0 Å². The van der Waals surface area contributed by atoms with Crippen LogP contribution in [0.25, 0.3) is 44.3 Å². The monoisotopic (exact) mass is 397 g/mol. The van der Waals surface area contributed by atoms with E-state index in [2.05, 4.69) is 4.98 Å². The molecule has 0 unspecified atom stereocenters. The summed E-state index contributed by atoms with van der Waals surface area (Å²) in [6.45, 7) is 0.930. The van der Waals surface area contributed by atoms with Gasteiger partial charge in [0.2, 0.25) is 5.71 Å². The second kappa shape index (κ2) is 6.84. The Hall–Kier alpha value is -3.39. The van der Waals surface area contributed by atoms with Crippen molar-refractivity contribution < 1.29 is 12.6 Å². The van der Waals surface area contributed by atoms with Gasteiger partial charge in [0.1, 0.15) is 5.58 Å². The molecule has 0 amide bonds. The molecule has 2 aromatic heterocycles. The molecule has 0 saturated heterocycles.